The van der Waals surface area contributed by atoms with Crippen LogP contribution in [0.3, 0.4) is 0 Å². The molecule has 29 heavy (non-hydrogen) atoms. The first kappa shape index (κ1) is 18.9. The molecule has 0 bridgehead atoms. The summed E-state index contributed by atoms with van der Waals surface area (Å²) in [7, 11) is 1.63. The van der Waals surface area contributed by atoms with Crippen molar-refractivity contribution in [3.63, 3.8) is 0 Å². The van der Waals surface area contributed by atoms with Crippen molar-refractivity contribution in [2.24, 2.45) is 0 Å². The minimum absolute atomic E-state index is 0.00436. The Morgan fingerprint density at radius 2 is 1.83 bits per heavy atom. The van der Waals surface area contributed by atoms with Gasteiger partial charge in [0, 0.05) is 19.1 Å². The fourth-order valence-corrected chi connectivity index (χ4v) is 4.85. The maximum absolute atomic E-state index is 13.5. The summed E-state index contributed by atoms with van der Waals surface area (Å²) in [5.41, 5.74) is 0.912. The van der Waals surface area contributed by atoms with Crippen molar-refractivity contribution in [1.29, 1.82) is 0 Å². The van der Waals surface area contributed by atoms with Crippen LogP contribution >= 0.6 is 0 Å². The predicted molar refractivity (Wildman–Crippen MR) is 104 cm³/mol. The molecular weight excluding hydrogens is 372 g/mol. The van der Waals surface area contributed by atoms with E-state index in [1.165, 1.54) is 0 Å². The standard InChI is InChI=1S/C22H28N2O5/c1-27-17-6-2-15(3-7-17)19-20(28-14-18(25)24(19)16-4-5-16)21(26)23-11-8-22(9-12-23)10-13-29-22/h2-3,6-7,16,19-20H,4-5,8-14H2,1H3/t19-,20+/m1/s1. The zero-order valence-electron chi connectivity index (χ0n) is 16.8. The number of carbonyl (C=O) groups excluding carboxylic acids is 2. The lowest BCUT2D eigenvalue weighted by atomic mass is 9.84. The molecule has 2 amide bonds. The van der Waals surface area contributed by atoms with Gasteiger partial charge < -0.3 is 24.0 Å². The molecule has 1 aromatic rings. The monoisotopic (exact) mass is 400 g/mol. The van der Waals surface area contributed by atoms with Gasteiger partial charge in [0.05, 0.1) is 25.4 Å². The van der Waals surface area contributed by atoms with Crippen LogP contribution in [0.5, 0.6) is 5.75 Å². The molecule has 3 aliphatic heterocycles. The number of carbonyl (C=O) groups is 2. The Balaban J connectivity index is 1.40. The maximum Gasteiger partial charge on any atom is 0.254 e. The molecule has 1 saturated carbocycles. The normalized spacial score (nSPS) is 28.9. The molecule has 1 aromatic carbocycles. The number of methoxy groups -OCH3 is 1. The highest BCUT2D eigenvalue weighted by molar-refractivity contribution is 5.87. The number of likely N-dealkylation sites (tertiary alicyclic amines) is 1. The van der Waals surface area contributed by atoms with E-state index in [1.54, 1.807) is 7.11 Å². The second-order valence-electron chi connectivity index (χ2n) is 8.59. The van der Waals surface area contributed by atoms with Crippen molar-refractivity contribution in [1.82, 2.24) is 9.80 Å². The second-order valence-corrected chi connectivity index (χ2v) is 8.59. The lowest BCUT2D eigenvalue weighted by Crippen LogP contribution is -2.59. The number of amides is 2. The second kappa shape index (κ2) is 7.29. The van der Waals surface area contributed by atoms with Crippen molar-refractivity contribution >= 4 is 11.8 Å². The zero-order valence-corrected chi connectivity index (χ0v) is 16.8. The van der Waals surface area contributed by atoms with E-state index in [1.807, 2.05) is 34.1 Å². The van der Waals surface area contributed by atoms with E-state index in [2.05, 4.69) is 0 Å². The average molecular weight is 400 g/mol. The Morgan fingerprint density at radius 1 is 1.14 bits per heavy atom. The van der Waals surface area contributed by atoms with Crippen molar-refractivity contribution in [3.8, 4) is 5.75 Å². The number of hydrogen-bond acceptors (Lipinski definition) is 5. The molecule has 3 heterocycles. The molecule has 7 heteroatoms. The minimum Gasteiger partial charge on any atom is -0.497 e. The van der Waals surface area contributed by atoms with Crippen LogP contribution in [-0.4, -0.2) is 72.8 Å². The third-order valence-corrected chi connectivity index (χ3v) is 6.85. The Kier molecular flexibility index (Phi) is 4.75. The molecule has 2 atom stereocenters. The predicted octanol–water partition coefficient (Wildman–Crippen LogP) is 1.91. The van der Waals surface area contributed by atoms with E-state index in [4.69, 9.17) is 14.2 Å². The largest absolute Gasteiger partial charge is 0.497 e. The fraction of sp³-hybridized carbons (Fsp3) is 0.636. The number of piperidine rings is 1. The first-order chi connectivity index (χ1) is 14.1. The molecule has 156 valence electrons. The first-order valence-corrected chi connectivity index (χ1v) is 10.6. The molecule has 1 spiro atoms. The SMILES string of the molecule is COc1ccc([C@@H]2[C@@H](C(=O)N3CCC4(CCO4)CC3)OCC(=O)N2C2CC2)cc1. The number of rotatable bonds is 4. The molecule has 4 aliphatic rings. The van der Waals surface area contributed by atoms with Crippen LogP contribution < -0.4 is 4.74 Å². The summed E-state index contributed by atoms with van der Waals surface area (Å²) in [6.45, 7) is 2.18. The van der Waals surface area contributed by atoms with Crippen molar-refractivity contribution in [2.45, 2.75) is 55.9 Å². The Labute approximate surface area is 170 Å². The highest BCUT2D eigenvalue weighted by Crippen LogP contribution is 2.41. The van der Waals surface area contributed by atoms with E-state index in [0.29, 0.717) is 13.1 Å². The van der Waals surface area contributed by atoms with Crippen LogP contribution in [0.1, 0.15) is 43.7 Å². The average Bonchev–Trinajstić information content (AvgIpc) is 3.57. The van der Waals surface area contributed by atoms with Gasteiger partial charge in [-0.2, -0.15) is 0 Å². The van der Waals surface area contributed by atoms with Gasteiger partial charge in [0.15, 0.2) is 6.10 Å². The Morgan fingerprint density at radius 3 is 2.38 bits per heavy atom. The van der Waals surface area contributed by atoms with Crippen LogP contribution in [0.4, 0.5) is 0 Å². The van der Waals surface area contributed by atoms with Gasteiger partial charge in [0.2, 0.25) is 5.91 Å². The molecule has 3 saturated heterocycles. The molecule has 5 rings (SSSR count). The van der Waals surface area contributed by atoms with Crippen LogP contribution in [0, 0.1) is 0 Å². The third kappa shape index (κ3) is 3.40. The smallest absolute Gasteiger partial charge is 0.254 e. The van der Waals surface area contributed by atoms with Crippen molar-refractivity contribution in [2.75, 3.05) is 33.4 Å². The van der Waals surface area contributed by atoms with Gasteiger partial charge in [-0.1, -0.05) is 12.1 Å². The van der Waals surface area contributed by atoms with E-state index in [9.17, 15) is 9.59 Å². The fourth-order valence-electron chi connectivity index (χ4n) is 4.85. The molecule has 0 aromatic heterocycles. The molecular formula is C22H28N2O5. The van der Waals surface area contributed by atoms with E-state index < -0.39 is 12.1 Å². The molecule has 7 nitrogen and oxygen atoms in total. The molecule has 4 fully saturated rings. The first-order valence-electron chi connectivity index (χ1n) is 10.6. The summed E-state index contributed by atoms with van der Waals surface area (Å²) in [4.78, 5) is 30.0. The summed E-state index contributed by atoms with van der Waals surface area (Å²) in [5.74, 6) is 0.704. The molecule has 0 unspecified atom stereocenters. The number of nitrogens with zero attached hydrogens (tertiary/aromatic N) is 2. The highest BCUT2D eigenvalue weighted by atomic mass is 16.5. The number of ether oxygens (including phenoxy) is 3. The number of hydrogen-bond donors (Lipinski definition) is 0. The lowest BCUT2D eigenvalue weighted by molar-refractivity contribution is -0.185. The van der Waals surface area contributed by atoms with E-state index >= 15 is 0 Å². The molecule has 0 radical (unpaired) electrons. The summed E-state index contributed by atoms with van der Waals surface area (Å²) in [6, 6.07) is 7.45. The Hall–Kier alpha value is -2.12. The van der Waals surface area contributed by atoms with Crippen LogP contribution in [0.15, 0.2) is 24.3 Å². The van der Waals surface area contributed by atoms with Crippen molar-refractivity contribution in [3.05, 3.63) is 29.8 Å². The van der Waals surface area contributed by atoms with Gasteiger partial charge in [-0.15, -0.1) is 0 Å². The summed E-state index contributed by atoms with van der Waals surface area (Å²) in [6.07, 6.45) is 4.16. The highest BCUT2D eigenvalue weighted by Gasteiger charge is 2.50. The van der Waals surface area contributed by atoms with Gasteiger partial charge in [-0.25, -0.2) is 0 Å². The van der Waals surface area contributed by atoms with Crippen LogP contribution in [0.2, 0.25) is 0 Å². The summed E-state index contributed by atoms with van der Waals surface area (Å²) < 4.78 is 16.9. The van der Waals surface area contributed by atoms with E-state index in [0.717, 1.165) is 50.0 Å². The number of benzene rings is 1. The number of morpholine rings is 1. The van der Waals surface area contributed by atoms with Gasteiger partial charge in [-0.05, 0) is 49.8 Å². The zero-order chi connectivity index (χ0) is 20.0. The third-order valence-electron chi connectivity index (χ3n) is 6.85. The van der Waals surface area contributed by atoms with Gasteiger partial charge >= 0.3 is 0 Å². The van der Waals surface area contributed by atoms with Gasteiger partial charge in [0.25, 0.3) is 5.91 Å². The topological polar surface area (TPSA) is 68.3 Å². The van der Waals surface area contributed by atoms with Crippen LogP contribution in [-0.2, 0) is 19.1 Å². The van der Waals surface area contributed by atoms with Gasteiger partial charge in [0.1, 0.15) is 12.4 Å². The minimum atomic E-state index is -0.668. The van der Waals surface area contributed by atoms with Crippen LogP contribution in [0.25, 0.3) is 0 Å². The van der Waals surface area contributed by atoms with Gasteiger partial charge in [-0.3, -0.25) is 9.59 Å². The Bertz CT molecular complexity index is 777. The summed E-state index contributed by atoms with van der Waals surface area (Å²) >= 11 is 0. The molecule has 0 N–H and O–H groups in total. The quantitative estimate of drug-likeness (QED) is 0.772. The lowest BCUT2D eigenvalue weighted by Gasteiger charge is -2.49. The molecule has 1 aliphatic carbocycles. The van der Waals surface area contributed by atoms with Crippen molar-refractivity contribution < 1.29 is 23.8 Å². The summed E-state index contributed by atoms with van der Waals surface area (Å²) in [5, 5.41) is 0. The van der Waals surface area contributed by atoms with E-state index in [-0.39, 0.29) is 30.1 Å². The maximum atomic E-state index is 13.5.